The van der Waals surface area contributed by atoms with Crippen molar-refractivity contribution in [3.8, 4) is 6.07 Å². The number of ether oxygens (including phenoxy) is 2. The van der Waals surface area contributed by atoms with E-state index >= 15 is 0 Å². The predicted molar refractivity (Wildman–Crippen MR) is 62.8 cm³/mol. The van der Waals surface area contributed by atoms with Crippen molar-refractivity contribution in [1.82, 2.24) is 0 Å². The van der Waals surface area contributed by atoms with Gasteiger partial charge in [0.2, 0.25) is 0 Å². The van der Waals surface area contributed by atoms with E-state index in [4.69, 9.17) is 9.47 Å². The molecule has 0 unspecified atom stereocenters. The van der Waals surface area contributed by atoms with Crippen molar-refractivity contribution in [1.29, 1.82) is 5.26 Å². The Hall–Kier alpha value is -0.590. The minimum absolute atomic E-state index is 0.139. The summed E-state index contributed by atoms with van der Waals surface area (Å²) in [6.07, 6.45) is 4.69. The van der Waals surface area contributed by atoms with Crippen LogP contribution in [0.3, 0.4) is 0 Å². The molecular weight excluding hydrogens is 202 g/mol. The second kappa shape index (κ2) is 5.16. The molecule has 1 rings (SSSR count). The number of nitrogens with zero attached hydrogens (tertiary/aromatic N) is 1. The largest absolute Gasteiger partial charge is 0.347 e. The lowest BCUT2D eigenvalue weighted by Crippen LogP contribution is -2.51. The summed E-state index contributed by atoms with van der Waals surface area (Å²) in [4.78, 5) is 0. The van der Waals surface area contributed by atoms with Gasteiger partial charge in [0.15, 0.2) is 11.4 Å². The van der Waals surface area contributed by atoms with E-state index in [0.717, 1.165) is 25.7 Å². The summed E-state index contributed by atoms with van der Waals surface area (Å²) in [5.41, 5.74) is -0.640. The van der Waals surface area contributed by atoms with E-state index in [1.54, 1.807) is 0 Å². The fourth-order valence-corrected chi connectivity index (χ4v) is 2.31. The zero-order valence-corrected chi connectivity index (χ0v) is 10.9. The molecule has 1 saturated heterocycles. The summed E-state index contributed by atoms with van der Waals surface area (Å²) in [5, 5.41) is 9.38. The molecule has 2 atom stereocenters. The highest BCUT2D eigenvalue weighted by Crippen LogP contribution is 2.38. The van der Waals surface area contributed by atoms with Crippen LogP contribution in [-0.4, -0.2) is 17.5 Å². The van der Waals surface area contributed by atoms with Crippen LogP contribution in [0.5, 0.6) is 0 Å². The Morgan fingerprint density at radius 2 is 2.06 bits per heavy atom. The molecule has 1 aliphatic heterocycles. The first-order valence-electron chi connectivity index (χ1n) is 6.26. The van der Waals surface area contributed by atoms with Gasteiger partial charge in [-0.2, -0.15) is 5.26 Å². The van der Waals surface area contributed by atoms with Crippen molar-refractivity contribution >= 4 is 0 Å². The van der Waals surface area contributed by atoms with Crippen molar-refractivity contribution in [3.63, 3.8) is 0 Å². The van der Waals surface area contributed by atoms with Gasteiger partial charge in [-0.1, -0.05) is 20.3 Å². The van der Waals surface area contributed by atoms with Gasteiger partial charge in [0.25, 0.3) is 0 Å². The minimum Gasteiger partial charge on any atom is -0.347 e. The molecule has 0 aromatic carbocycles. The van der Waals surface area contributed by atoms with E-state index in [2.05, 4.69) is 19.9 Å². The van der Waals surface area contributed by atoms with Crippen molar-refractivity contribution in [3.05, 3.63) is 0 Å². The molecule has 1 fully saturated rings. The topological polar surface area (TPSA) is 42.2 Å². The lowest BCUT2D eigenvalue weighted by atomic mass is 9.89. The van der Waals surface area contributed by atoms with Crippen LogP contribution in [0.15, 0.2) is 0 Å². The van der Waals surface area contributed by atoms with E-state index in [0.29, 0.717) is 6.42 Å². The van der Waals surface area contributed by atoms with Gasteiger partial charge in [-0.15, -0.1) is 0 Å². The summed E-state index contributed by atoms with van der Waals surface area (Å²) in [5.74, 6) is -0.637. The fourth-order valence-electron chi connectivity index (χ4n) is 2.31. The number of unbranched alkanes of at least 4 members (excludes halogenated alkanes) is 1. The Labute approximate surface area is 98.7 Å². The molecule has 0 N–H and O–H groups in total. The van der Waals surface area contributed by atoms with Crippen LogP contribution in [0.2, 0.25) is 0 Å². The van der Waals surface area contributed by atoms with Crippen molar-refractivity contribution < 1.29 is 9.47 Å². The van der Waals surface area contributed by atoms with E-state index in [9.17, 15) is 5.26 Å². The van der Waals surface area contributed by atoms with Crippen LogP contribution in [0.4, 0.5) is 0 Å². The molecule has 0 amide bonds. The molecular formula is C13H23NO2. The zero-order chi connectivity index (χ0) is 12.2. The molecule has 0 saturated carbocycles. The van der Waals surface area contributed by atoms with Crippen LogP contribution in [0.1, 0.15) is 59.8 Å². The normalized spacial score (nSPS) is 33.3. The first-order valence-corrected chi connectivity index (χ1v) is 6.26. The van der Waals surface area contributed by atoms with E-state index in [1.807, 2.05) is 13.8 Å². The summed E-state index contributed by atoms with van der Waals surface area (Å²) in [6, 6.07) is 2.37. The molecule has 1 heterocycles. The number of hydrogen-bond acceptors (Lipinski definition) is 3. The van der Waals surface area contributed by atoms with Crippen molar-refractivity contribution in [2.75, 3.05) is 0 Å². The fraction of sp³-hybridized carbons (Fsp3) is 0.923. The lowest BCUT2D eigenvalue weighted by molar-refractivity contribution is -0.321. The second-order valence-corrected chi connectivity index (χ2v) is 5.06. The molecule has 0 aromatic rings. The third kappa shape index (κ3) is 3.20. The number of rotatable bonds is 4. The maximum Gasteiger partial charge on any atom is 0.165 e. The summed E-state index contributed by atoms with van der Waals surface area (Å²) in [7, 11) is 0. The van der Waals surface area contributed by atoms with E-state index in [1.165, 1.54) is 0 Å². The third-order valence-electron chi connectivity index (χ3n) is 3.04. The van der Waals surface area contributed by atoms with Gasteiger partial charge in [-0.3, -0.25) is 0 Å². The quantitative estimate of drug-likeness (QED) is 0.736. The lowest BCUT2D eigenvalue weighted by Gasteiger charge is -2.45. The maximum atomic E-state index is 9.38. The van der Waals surface area contributed by atoms with Crippen molar-refractivity contribution in [2.45, 2.75) is 77.3 Å². The number of hydrogen-bond donors (Lipinski definition) is 0. The molecule has 0 aliphatic carbocycles. The molecule has 0 bridgehead atoms. The first-order chi connectivity index (χ1) is 7.47. The summed E-state index contributed by atoms with van der Waals surface area (Å²) in [6.45, 7) is 8.01. The molecule has 92 valence electrons. The highest BCUT2D eigenvalue weighted by molar-refractivity contribution is 5.05. The SMILES string of the molecule is CCCC[C@]1(C#N)C[C@H](CC)OC(C)(C)O1. The predicted octanol–water partition coefficient (Wildman–Crippen LogP) is 3.39. The van der Waals surface area contributed by atoms with Crippen molar-refractivity contribution in [2.24, 2.45) is 0 Å². The van der Waals surface area contributed by atoms with Crippen LogP contribution in [0.25, 0.3) is 0 Å². The van der Waals surface area contributed by atoms with Gasteiger partial charge in [0.1, 0.15) is 0 Å². The van der Waals surface area contributed by atoms with Gasteiger partial charge in [-0.25, -0.2) is 0 Å². The molecule has 16 heavy (non-hydrogen) atoms. The monoisotopic (exact) mass is 225 g/mol. The number of nitriles is 1. The second-order valence-electron chi connectivity index (χ2n) is 5.06. The molecule has 0 radical (unpaired) electrons. The Kier molecular flexibility index (Phi) is 4.35. The third-order valence-corrected chi connectivity index (χ3v) is 3.04. The van der Waals surface area contributed by atoms with Crippen LogP contribution < -0.4 is 0 Å². The molecule has 3 nitrogen and oxygen atoms in total. The van der Waals surface area contributed by atoms with Gasteiger partial charge in [-0.05, 0) is 33.1 Å². The van der Waals surface area contributed by atoms with Gasteiger partial charge in [0, 0.05) is 6.42 Å². The molecule has 0 spiro atoms. The Morgan fingerprint density at radius 3 is 2.56 bits per heavy atom. The zero-order valence-electron chi connectivity index (χ0n) is 10.9. The molecule has 1 aliphatic rings. The molecule has 0 aromatic heterocycles. The maximum absolute atomic E-state index is 9.38. The average Bonchev–Trinajstić information content (AvgIpc) is 2.24. The highest BCUT2D eigenvalue weighted by Gasteiger charge is 2.45. The van der Waals surface area contributed by atoms with E-state index < -0.39 is 11.4 Å². The van der Waals surface area contributed by atoms with Crippen LogP contribution in [0, 0.1) is 11.3 Å². The van der Waals surface area contributed by atoms with Gasteiger partial charge in [0.05, 0.1) is 12.2 Å². The minimum atomic E-state index is -0.640. The van der Waals surface area contributed by atoms with Gasteiger partial charge >= 0.3 is 0 Å². The Bertz CT molecular complexity index is 270. The van der Waals surface area contributed by atoms with Crippen LogP contribution in [-0.2, 0) is 9.47 Å². The average molecular weight is 225 g/mol. The van der Waals surface area contributed by atoms with E-state index in [-0.39, 0.29) is 6.10 Å². The first kappa shape index (κ1) is 13.5. The molecule has 3 heteroatoms. The van der Waals surface area contributed by atoms with Gasteiger partial charge < -0.3 is 9.47 Å². The summed E-state index contributed by atoms with van der Waals surface area (Å²) >= 11 is 0. The van der Waals surface area contributed by atoms with Crippen LogP contribution >= 0.6 is 0 Å². The summed E-state index contributed by atoms with van der Waals surface area (Å²) < 4.78 is 11.6. The standard InChI is InChI=1S/C13H23NO2/c1-5-7-8-13(10-14)9-11(6-2)15-12(3,4)16-13/h11H,5-9H2,1-4H3/t11-,13+/m0/s1. The smallest absolute Gasteiger partial charge is 0.165 e. The highest BCUT2D eigenvalue weighted by atomic mass is 16.7. The Morgan fingerprint density at radius 1 is 1.38 bits per heavy atom. The Balaban J connectivity index is 2.79.